The highest BCUT2D eigenvalue weighted by atomic mass is 79.9. The minimum Gasteiger partial charge on any atom is -0.480 e. The molecule has 1 aromatic rings. The van der Waals surface area contributed by atoms with Gasteiger partial charge in [0.25, 0.3) is 5.91 Å². The van der Waals surface area contributed by atoms with Crippen LogP contribution in [0.5, 0.6) is 0 Å². The van der Waals surface area contributed by atoms with Gasteiger partial charge in [0.1, 0.15) is 11.2 Å². The summed E-state index contributed by atoms with van der Waals surface area (Å²) in [6.07, 6.45) is 2.47. The number of nitrogens with zero attached hydrogens (tertiary/aromatic N) is 1. The standard InChI is InChI=1S/C11H12BrClN2O3/c1-2-3-8(11(17)18)15-10(16)7-4-6(12)5-14-9(7)13/h4-5,8H,2-3H2,1H3,(H,15,16)(H,17,18)/t8-/m0/s1. The lowest BCUT2D eigenvalue weighted by Crippen LogP contribution is -2.40. The molecule has 0 aliphatic rings. The molecule has 0 unspecified atom stereocenters. The first-order valence-corrected chi connectivity index (χ1v) is 6.47. The van der Waals surface area contributed by atoms with Crippen LogP contribution in [0.25, 0.3) is 0 Å². The van der Waals surface area contributed by atoms with Crippen LogP contribution in [0.2, 0.25) is 5.15 Å². The molecular formula is C11H12BrClN2O3. The largest absolute Gasteiger partial charge is 0.480 e. The highest BCUT2D eigenvalue weighted by molar-refractivity contribution is 9.10. The zero-order chi connectivity index (χ0) is 13.7. The zero-order valence-corrected chi connectivity index (χ0v) is 12.0. The fraction of sp³-hybridized carbons (Fsp3) is 0.364. The maximum Gasteiger partial charge on any atom is 0.326 e. The number of rotatable bonds is 5. The number of carboxylic acids is 1. The van der Waals surface area contributed by atoms with Crippen molar-refractivity contribution in [3.8, 4) is 0 Å². The quantitative estimate of drug-likeness (QED) is 0.810. The monoisotopic (exact) mass is 334 g/mol. The minimum atomic E-state index is -1.07. The third-order valence-corrected chi connectivity index (χ3v) is 2.97. The first-order chi connectivity index (χ1) is 8.45. The second kappa shape index (κ2) is 6.70. The van der Waals surface area contributed by atoms with Crippen LogP contribution in [-0.2, 0) is 4.79 Å². The van der Waals surface area contributed by atoms with Crippen molar-refractivity contribution in [2.45, 2.75) is 25.8 Å². The molecule has 0 fully saturated rings. The molecular weight excluding hydrogens is 323 g/mol. The molecule has 1 amide bonds. The van der Waals surface area contributed by atoms with Gasteiger partial charge < -0.3 is 10.4 Å². The third kappa shape index (κ3) is 3.96. The van der Waals surface area contributed by atoms with Crippen molar-refractivity contribution in [3.05, 3.63) is 27.5 Å². The van der Waals surface area contributed by atoms with Crippen LogP contribution in [0.3, 0.4) is 0 Å². The summed E-state index contributed by atoms with van der Waals surface area (Å²) >= 11 is 8.96. The van der Waals surface area contributed by atoms with Gasteiger partial charge in [-0.1, -0.05) is 24.9 Å². The van der Waals surface area contributed by atoms with Gasteiger partial charge in [-0.2, -0.15) is 0 Å². The number of carboxylic acid groups (broad SMARTS) is 1. The highest BCUT2D eigenvalue weighted by Gasteiger charge is 2.21. The number of hydrogen-bond donors (Lipinski definition) is 2. The molecule has 0 bridgehead atoms. The normalized spacial score (nSPS) is 11.9. The number of amides is 1. The van der Waals surface area contributed by atoms with Crippen LogP contribution < -0.4 is 5.32 Å². The minimum absolute atomic E-state index is 0.0383. The van der Waals surface area contributed by atoms with Crippen molar-refractivity contribution in [1.29, 1.82) is 0 Å². The molecule has 0 aromatic carbocycles. The molecule has 0 spiro atoms. The van der Waals surface area contributed by atoms with Crippen LogP contribution >= 0.6 is 27.5 Å². The third-order valence-electron chi connectivity index (χ3n) is 2.23. The van der Waals surface area contributed by atoms with Gasteiger partial charge in [-0.05, 0) is 28.4 Å². The van der Waals surface area contributed by atoms with Crippen LogP contribution in [0.4, 0.5) is 0 Å². The maximum atomic E-state index is 11.9. The van der Waals surface area contributed by atoms with Gasteiger partial charge in [-0.25, -0.2) is 9.78 Å². The summed E-state index contributed by atoms with van der Waals surface area (Å²) in [4.78, 5) is 26.6. The lowest BCUT2D eigenvalue weighted by Gasteiger charge is -2.13. The molecule has 18 heavy (non-hydrogen) atoms. The van der Waals surface area contributed by atoms with E-state index in [1.165, 1.54) is 12.3 Å². The van der Waals surface area contributed by atoms with E-state index in [1.807, 2.05) is 6.92 Å². The number of nitrogens with one attached hydrogen (secondary N) is 1. The van der Waals surface area contributed by atoms with E-state index in [0.29, 0.717) is 17.3 Å². The molecule has 1 heterocycles. The van der Waals surface area contributed by atoms with E-state index in [9.17, 15) is 9.59 Å². The molecule has 0 radical (unpaired) electrons. The van der Waals surface area contributed by atoms with Crippen molar-refractivity contribution in [1.82, 2.24) is 10.3 Å². The zero-order valence-electron chi connectivity index (χ0n) is 9.61. The average Bonchev–Trinajstić information content (AvgIpc) is 2.31. The highest BCUT2D eigenvalue weighted by Crippen LogP contribution is 2.18. The molecule has 1 aromatic heterocycles. The molecule has 98 valence electrons. The van der Waals surface area contributed by atoms with Gasteiger partial charge in [0.2, 0.25) is 0 Å². The van der Waals surface area contributed by atoms with E-state index in [2.05, 4.69) is 26.2 Å². The van der Waals surface area contributed by atoms with Gasteiger partial charge in [0.15, 0.2) is 0 Å². The van der Waals surface area contributed by atoms with E-state index in [0.717, 1.165) is 0 Å². The molecule has 1 atom stereocenters. The first kappa shape index (κ1) is 14.9. The lowest BCUT2D eigenvalue weighted by molar-refractivity contribution is -0.139. The summed E-state index contributed by atoms with van der Waals surface area (Å²) in [6, 6.07) is 0.577. The van der Waals surface area contributed by atoms with Gasteiger partial charge in [0.05, 0.1) is 5.56 Å². The van der Waals surface area contributed by atoms with Gasteiger partial charge in [-0.15, -0.1) is 0 Å². The van der Waals surface area contributed by atoms with E-state index in [1.54, 1.807) is 0 Å². The summed E-state index contributed by atoms with van der Waals surface area (Å²) in [6.45, 7) is 1.84. The summed E-state index contributed by atoms with van der Waals surface area (Å²) in [5.41, 5.74) is 0.147. The Morgan fingerprint density at radius 1 is 1.61 bits per heavy atom. The topological polar surface area (TPSA) is 79.3 Å². The number of hydrogen-bond acceptors (Lipinski definition) is 3. The Morgan fingerprint density at radius 3 is 2.83 bits per heavy atom. The number of aromatic nitrogens is 1. The van der Waals surface area contributed by atoms with Gasteiger partial charge in [0, 0.05) is 10.7 Å². The molecule has 0 aliphatic heterocycles. The SMILES string of the molecule is CCC[C@H](NC(=O)c1cc(Br)cnc1Cl)C(=O)O. The fourth-order valence-electron chi connectivity index (χ4n) is 1.36. The summed E-state index contributed by atoms with van der Waals surface area (Å²) in [5, 5.41) is 11.4. The summed E-state index contributed by atoms with van der Waals surface area (Å²) < 4.78 is 0.597. The molecule has 0 saturated carbocycles. The van der Waals surface area contributed by atoms with E-state index >= 15 is 0 Å². The predicted molar refractivity (Wildman–Crippen MR) is 70.7 cm³/mol. The molecule has 5 nitrogen and oxygen atoms in total. The van der Waals surface area contributed by atoms with Gasteiger partial charge >= 0.3 is 5.97 Å². The van der Waals surface area contributed by atoms with Crippen molar-refractivity contribution >= 4 is 39.4 Å². The Hall–Kier alpha value is -1.14. The Bertz CT molecular complexity index is 468. The number of aliphatic carboxylic acids is 1. The lowest BCUT2D eigenvalue weighted by atomic mass is 10.1. The van der Waals surface area contributed by atoms with E-state index < -0.39 is 17.9 Å². The number of carbonyl (C=O) groups is 2. The Balaban J connectivity index is 2.86. The fourth-order valence-corrected chi connectivity index (χ4v) is 1.88. The van der Waals surface area contributed by atoms with Crippen LogP contribution in [-0.4, -0.2) is 28.0 Å². The molecule has 0 saturated heterocycles. The maximum absolute atomic E-state index is 11.9. The van der Waals surface area contributed by atoms with E-state index in [4.69, 9.17) is 16.7 Å². The number of halogens is 2. The van der Waals surface area contributed by atoms with Gasteiger partial charge in [-0.3, -0.25) is 4.79 Å². The smallest absolute Gasteiger partial charge is 0.326 e. The Morgan fingerprint density at radius 2 is 2.28 bits per heavy atom. The second-order valence-electron chi connectivity index (χ2n) is 3.64. The van der Waals surface area contributed by atoms with Crippen molar-refractivity contribution < 1.29 is 14.7 Å². The molecule has 2 N–H and O–H groups in total. The number of carbonyl (C=O) groups excluding carboxylic acids is 1. The summed E-state index contributed by atoms with van der Waals surface area (Å²) in [7, 11) is 0. The van der Waals surface area contributed by atoms with Crippen molar-refractivity contribution in [3.63, 3.8) is 0 Å². The van der Waals surface area contributed by atoms with Crippen molar-refractivity contribution in [2.24, 2.45) is 0 Å². The first-order valence-electron chi connectivity index (χ1n) is 5.30. The van der Waals surface area contributed by atoms with E-state index in [-0.39, 0.29) is 10.7 Å². The predicted octanol–water partition coefficient (Wildman–Crippen LogP) is 2.48. The molecule has 1 rings (SSSR count). The average molecular weight is 336 g/mol. The van der Waals surface area contributed by atoms with Crippen LogP contribution in [0.1, 0.15) is 30.1 Å². The van der Waals surface area contributed by atoms with Crippen LogP contribution in [0, 0.1) is 0 Å². The molecule has 7 heteroatoms. The number of pyridine rings is 1. The van der Waals surface area contributed by atoms with Crippen LogP contribution in [0.15, 0.2) is 16.7 Å². The summed E-state index contributed by atoms with van der Waals surface area (Å²) in [5.74, 6) is -1.61. The van der Waals surface area contributed by atoms with Crippen molar-refractivity contribution in [2.75, 3.05) is 0 Å². The molecule has 0 aliphatic carbocycles. The Labute approximate surface area is 118 Å². The Kier molecular flexibility index (Phi) is 5.55. The second-order valence-corrected chi connectivity index (χ2v) is 4.92.